The zero-order chi connectivity index (χ0) is 27.2. The molecular formula is C28H27N7O4. The van der Waals surface area contributed by atoms with Crippen molar-refractivity contribution in [2.75, 3.05) is 36.8 Å². The first-order valence-electron chi connectivity index (χ1n) is 12.7. The third kappa shape index (κ3) is 6.09. The molecule has 4 N–H and O–H groups in total. The van der Waals surface area contributed by atoms with Gasteiger partial charge in [0.1, 0.15) is 17.2 Å². The molecular weight excluding hydrogens is 498 g/mol. The normalized spacial score (nSPS) is 14.7. The van der Waals surface area contributed by atoms with E-state index < -0.39 is 22.4 Å². The van der Waals surface area contributed by atoms with Crippen molar-refractivity contribution in [3.63, 3.8) is 0 Å². The van der Waals surface area contributed by atoms with Crippen LogP contribution in [0.4, 0.5) is 17.1 Å². The van der Waals surface area contributed by atoms with E-state index in [1.54, 1.807) is 36.4 Å². The second kappa shape index (κ2) is 11.5. The van der Waals surface area contributed by atoms with Crippen LogP contribution < -0.4 is 21.3 Å². The highest BCUT2D eigenvalue weighted by Crippen LogP contribution is 2.23. The maximum absolute atomic E-state index is 13.0. The van der Waals surface area contributed by atoms with Crippen LogP contribution >= 0.6 is 0 Å². The Labute approximate surface area is 224 Å². The van der Waals surface area contributed by atoms with Gasteiger partial charge in [-0.15, -0.1) is 0 Å². The summed E-state index contributed by atoms with van der Waals surface area (Å²) in [5.74, 6) is 0.316. The monoisotopic (exact) mass is 525 g/mol. The van der Waals surface area contributed by atoms with Crippen LogP contribution in [-0.2, 0) is 0 Å². The first kappa shape index (κ1) is 25.6. The molecule has 11 heteroatoms. The summed E-state index contributed by atoms with van der Waals surface area (Å²) in [7, 11) is 0. The molecule has 3 aromatic rings. The number of rotatable bonds is 7. The SMILES string of the molecule is O=C(Nc1cccc(C2=NCCCN2)c1)c1ccc(C(=O)Nc2cccc(C3=NCCCN3)c2)c([N+](=O)[O-])c1. The molecule has 2 aliphatic heterocycles. The molecule has 3 aromatic carbocycles. The van der Waals surface area contributed by atoms with Gasteiger partial charge in [0.15, 0.2) is 0 Å². The van der Waals surface area contributed by atoms with Crippen LogP contribution in [0.25, 0.3) is 0 Å². The highest BCUT2D eigenvalue weighted by atomic mass is 16.6. The third-order valence-corrected chi connectivity index (χ3v) is 6.28. The summed E-state index contributed by atoms with van der Waals surface area (Å²) in [4.78, 5) is 46.0. The van der Waals surface area contributed by atoms with E-state index in [-0.39, 0.29) is 11.1 Å². The summed E-state index contributed by atoms with van der Waals surface area (Å²) in [6, 6.07) is 18.1. The summed E-state index contributed by atoms with van der Waals surface area (Å²) >= 11 is 0. The van der Waals surface area contributed by atoms with Crippen LogP contribution in [0.3, 0.4) is 0 Å². The van der Waals surface area contributed by atoms with Gasteiger partial charge in [0.05, 0.1) is 4.92 Å². The summed E-state index contributed by atoms with van der Waals surface area (Å²) in [5.41, 5.74) is 2.07. The number of nitrogens with one attached hydrogen (secondary N) is 4. The van der Waals surface area contributed by atoms with Crippen molar-refractivity contribution >= 4 is 40.5 Å². The number of benzene rings is 3. The Kier molecular flexibility index (Phi) is 7.58. The molecule has 5 rings (SSSR count). The quantitative estimate of drug-likeness (QED) is 0.274. The van der Waals surface area contributed by atoms with Crippen molar-refractivity contribution in [3.8, 4) is 0 Å². The lowest BCUT2D eigenvalue weighted by molar-refractivity contribution is -0.385. The van der Waals surface area contributed by atoms with E-state index in [4.69, 9.17) is 0 Å². The molecule has 198 valence electrons. The molecule has 0 aliphatic carbocycles. The summed E-state index contributed by atoms with van der Waals surface area (Å²) in [6.45, 7) is 3.11. The lowest BCUT2D eigenvalue weighted by Crippen LogP contribution is -2.30. The number of nitrogens with zero attached hydrogens (tertiary/aromatic N) is 3. The van der Waals surface area contributed by atoms with E-state index in [1.807, 2.05) is 12.1 Å². The average molecular weight is 526 g/mol. The van der Waals surface area contributed by atoms with Crippen LogP contribution in [0.1, 0.15) is 44.7 Å². The van der Waals surface area contributed by atoms with Crippen molar-refractivity contribution in [1.29, 1.82) is 0 Å². The molecule has 39 heavy (non-hydrogen) atoms. The van der Waals surface area contributed by atoms with Crippen molar-refractivity contribution in [3.05, 3.63) is 99.1 Å². The topological polar surface area (TPSA) is 150 Å². The van der Waals surface area contributed by atoms with Gasteiger partial charge in [0.2, 0.25) is 0 Å². The zero-order valence-corrected chi connectivity index (χ0v) is 21.1. The lowest BCUT2D eigenvalue weighted by Gasteiger charge is -2.15. The number of carbonyl (C=O) groups excluding carboxylic acids is 2. The number of hydrogen-bond donors (Lipinski definition) is 4. The van der Waals surface area contributed by atoms with E-state index in [0.29, 0.717) is 11.4 Å². The molecule has 2 heterocycles. The average Bonchev–Trinajstić information content (AvgIpc) is 2.98. The van der Waals surface area contributed by atoms with Crippen LogP contribution in [0.15, 0.2) is 76.7 Å². The number of aliphatic imine (C=N–C) groups is 2. The van der Waals surface area contributed by atoms with E-state index in [2.05, 4.69) is 31.3 Å². The van der Waals surface area contributed by atoms with Crippen molar-refractivity contribution in [2.45, 2.75) is 12.8 Å². The minimum Gasteiger partial charge on any atom is -0.370 e. The van der Waals surface area contributed by atoms with E-state index in [1.165, 1.54) is 12.1 Å². The summed E-state index contributed by atoms with van der Waals surface area (Å²) in [6.07, 6.45) is 1.92. The Bertz CT molecular complexity index is 1500. The first-order chi connectivity index (χ1) is 19.0. The van der Waals surface area contributed by atoms with E-state index in [9.17, 15) is 19.7 Å². The highest BCUT2D eigenvalue weighted by Gasteiger charge is 2.23. The number of amides is 2. The maximum atomic E-state index is 13.0. The van der Waals surface area contributed by atoms with Gasteiger partial charge in [-0.05, 0) is 49.2 Å². The minimum absolute atomic E-state index is 0.0557. The second-order valence-corrected chi connectivity index (χ2v) is 9.08. The molecule has 0 radical (unpaired) electrons. The zero-order valence-electron chi connectivity index (χ0n) is 21.1. The Balaban J connectivity index is 1.32. The van der Waals surface area contributed by atoms with Gasteiger partial charge in [-0.2, -0.15) is 0 Å². The van der Waals surface area contributed by atoms with E-state index >= 15 is 0 Å². The number of hydrogen-bond acceptors (Lipinski definition) is 8. The maximum Gasteiger partial charge on any atom is 0.282 e. The standard InChI is InChI=1S/C28H27N7O4/c36-27(33-21-7-1-5-18(15-21)25-29-11-3-12-30-25)20-9-10-23(24(17-20)35(38)39)28(37)34-22-8-2-6-19(16-22)26-31-13-4-14-32-26/h1-2,5-10,15-17H,3-4,11-14H2,(H,29,30)(H,31,32)(H,33,36)(H,34,37). The van der Waals surface area contributed by atoms with Gasteiger partial charge in [0, 0.05) is 60.3 Å². The Morgan fingerprint density at radius 1 is 0.769 bits per heavy atom. The van der Waals surface area contributed by atoms with Crippen molar-refractivity contribution in [1.82, 2.24) is 10.6 Å². The third-order valence-electron chi connectivity index (χ3n) is 6.28. The van der Waals surface area contributed by atoms with Crippen LogP contribution in [0.2, 0.25) is 0 Å². The van der Waals surface area contributed by atoms with Gasteiger partial charge in [-0.1, -0.05) is 24.3 Å². The number of carbonyl (C=O) groups is 2. The van der Waals surface area contributed by atoms with Gasteiger partial charge >= 0.3 is 0 Å². The second-order valence-electron chi connectivity index (χ2n) is 9.08. The molecule has 11 nitrogen and oxygen atoms in total. The van der Waals surface area contributed by atoms with Gasteiger partial charge in [-0.3, -0.25) is 29.7 Å². The van der Waals surface area contributed by atoms with Crippen molar-refractivity contribution in [2.24, 2.45) is 9.98 Å². The molecule has 0 bridgehead atoms. The smallest absolute Gasteiger partial charge is 0.282 e. The molecule has 2 amide bonds. The molecule has 2 aliphatic rings. The molecule has 0 fully saturated rings. The minimum atomic E-state index is -0.670. The predicted octanol–water partition coefficient (Wildman–Crippen LogP) is 3.58. The van der Waals surface area contributed by atoms with Crippen LogP contribution in [0.5, 0.6) is 0 Å². The number of amidine groups is 2. The number of nitro groups is 1. The summed E-state index contributed by atoms with van der Waals surface area (Å²) in [5, 5.41) is 23.8. The van der Waals surface area contributed by atoms with Gasteiger partial charge in [0.25, 0.3) is 17.5 Å². The largest absolute Gasteiger partial charge is 0.370 e. The Morgan fingerprint density at radius 3 is 1.85 bits per heavy atom. The summed E-state index contributed by atoms with van der Waals surface area (Å²) < 4.78 is 0. The molecule has 0 atom stereocenters. The molecule has 0 saturated carbocycles. The van der Waals surface area contributed by atoms with Gasteiger partial charge in [-0.25, -0.2) is 0 Å². The lowest BCUT2D eigenvalue weighted by atomic mass is 10.1. The molecule has 0 aromatic heterocycles. The highest BCUT2D eigenvalue weighted by molar-refractivity contribution is 6.10. The van der Waals surface area contributed by atoms with Crippen LogP contribution in [0, 0.1) is 10.1 Å². The predicted molar refractivity (Wildman–Crippen MR) is 150 cm³/mol. The van der Waals surface area contributed by atoms with Gasteiger partial charge < -0.3 is 21.3 Å². The van der Waals surface area contributed by atoms with Crippen molar-refractivity contribution < 1.29 is 14.5 Å². The Hall–Kier alpha value is -5.06. The fourth-order valence-electron chi connectivity index (χ4n) is 4.36. The fourth-order valence-corrected chi connectivity index (χ4v) is 4.36. The molecule has 0 saturated heterocycles. The molecule has 0 spiro atoms. The number of nitro benzene ring substituents is 1. The van der Waals surface area contributed by atoms with E-state index in [0.717, 1.165) is 67.9 Å². The molecule has 0 unspecified atom stereocenters. The Morgan fingerprint density at radius 2 is 1.33 bits per heavy atom. The first-order valence-corrected chi connectivity index (χ1v) is 12.7. The van der Waals surface area contributed by atoms with Crippen LogP contribution in [-0.4, -0.2) is 54.6 Å². The number of anilines is 2. The fraction of sp³-hybridized carbons (Fsp3) is 0.214.